The summed E-state index contributed by atoms with van der Waals surface area (Å²) in [7, 11) is 1.38. The van der Waals surface area contributed by atoms with E-state index in [1.807, 2.05) is 25.1 Å². The van der Waals surface area contributed by atoms with E-state index in [4.69, 9.17) is 0 Å². The van der Waals surface area contributed by atoms with Gasteiger partial charge < -0.3 is 4.74 Å². The molecule has 82 valence electrons. The van der Waals surface area contributed by atoms with Crippen molar-refractivity contribution < 1.29 is 9.53 Å². The maximum atomic E-state index is 11.1. The molecule has 1 aromatic heterocycles. The number of nitrogens with zero attached hydrogens (tertiary/aromatic N) is 1. The molecule has 1 atom stereocenters. The summed E-state index contributed by atoms with van der Waals surface area (Å²) in [5.41, 5.74) is 1.89. The Hall–Kier alpha value is -1.42. The monoisotopic (exact) mass is 208 g/mol. The van der Waals surface area contributed by atoms with E-state index in [0.717, 1.165) is 11.4 Å². The van der Waals surface area contributed by atoms with Crippen LogP contribution in [0.1, 0.15) is 18.3 Å². The zero-order chi connectivity index (χ0) is 11.3. The molecule has 4 heteroatoms. The highest BCUT2D eigenvalue weighted by molar-refractivity contribution is 5.75. The topological polar surface area (TPSA) is 51.2 Å². The minimum absolute atomic E-state index is 0.261. The van der Waals surface area contributed by atoms with Gasteiger partial charge in [-0.25, -0.2) is 0 Å². The van der Waals surface area contributed by atoms with Crippen LogP contribution in [-0.4, -0.2) is 24.1 Å². The highest BCUT2D eigenvalue weighted by atomic mass is 16.5. The molecule has 0 spiro atoms. The Bertz CT molecular complexity index is 339. The van der Waals surface area contributed by atoms with Crippen molar-refractivity contribution in [2.45, 2.75) is 26.4 Å². The Balaban J connectivity index is 2.47. The number of pyridine rings is 1. The summed E-state index contributed by atoms with van der Waals surface area (Å²) in [4.78, 5) is 15.4. The number of methoxy groups -OCH3 is 1. The van der Waals surface area contributed by atoms with E-state index in [1.165, 1.54) is 7.11 Å². The van der Waals surface area contributed by atoms with Crippen LogP contribution in [0.3, 0.4) is 0 Å². The van der Waals surface area contributed by atoms with E-state index < -0.39 is 0 Å². The fourth-order valence-electron chi connectivity index (χ4n) is 1.22. The summed E-state index contributed by atoms with van der Waals surface area (Å²) in [6.07, 6.45) is 0. The predicted octanol–water partition coefficient (Wildman–Crippen LogP) is 1.04. The van der Waals surface area contributed by atoms with Gasteiger partial charge in [-0.05, 0) is 26.0 Å². The van der Waals surface area contributed by atoms with Crippen molar-refractivity contribution in [2.75, 3.05) is 7.11 Å². The Kier molecular flexibility index (Phi) is 4.24. The van der Waals surface area contributed by atoms with E-state index in [1.54, 1.807) is 6.92 Å². The van der Waals surface area contributed by atoms with Gasteiger partial charge in [0, 0.05) is 12.2 Å². The van der Waals surface area contributed by atoms with Gasteiger partial charge in [0.15, 0.2) is 0 Å². The number of aromatic nitrogens is 1. The number of hydrogen-bond acceptors (Lipinski definition) is 4. The molecule has 0 saturated heterocycles. The van der Waals surface area contributed by atoms with Crippen molar-refractivity contribution in [2.24, 2.45) is 0 Å². The SMILES string of the molecule is COC(=O)C(C)NCc1cccc(C)n1. The summed E-state index contributed by atoms with van der Waals surface area (Å²) in [6.45, 7) is 4.27. The molecule has 1 aromatic rings. The quantitative estimate of drug-likeness (QED) is 0.751. The number of ether oxygens (including phenoxy) is 1. The summed E-state index contributed by atoms with van der Waals surface area (Å²) < 4.78 is 4.60. The molecule has 1 heterocycles. The normalized spacial score (nSPS) is 12.2. The van der Waals surface area contributed by atoms with Gasteiger partial charge in [0.25, 0.3) is 0 Å². The van der Waals surface area contributed by atoms with Crippen molar-refractivity contribution in [1.82, 2.24) is 10.3 Å². The largest absolute Gasteiger partial charge is 0.468 e. The number of aryl methyl sites for hydroxylation is 1. The Morgan fingerprint density at radius 1 is 1.60 bits per heavy atom. The van der Waals surface area contributed by atoms with Crippen LogP contribution in [0, 0.1) is 6.92 Å². The smallest absolute Gasteiger partial charge is 0.322 e. The first kappa shape index (κ1) is 11.7. The Morgan fingerprint density at radius 2 is 2.33 bits per heavy atom. The van der Waals surface area contributed by atoms with Crippen LogP contribution < -0.4 is 5.32 Å². The highest BCUT2D eigenvalue weighted by Crippen LogP contribution is 1.98. The van der Waals surface area contributed by atoms with Gasteiger partial charge in [-0.3, -0.25) is 15.1 Å². The van der Waals surface area contributed by atoms with Crippen molar-refractivity contribution in [3.63, 3.8) is 0 Å². The number of carbonyl (C=O) groups excluding carboxylic acids is 1. The molecular formula is C11H16N2O2. The third-order valence-electron chi connectivity index (χ3n) is 2.09. The molecule has 0 fully saturated rings. The lowest BCUT2D eigenvalue weighted by Gasteiger charge is -2.10. The van der Waals surface area contributed by atoms with Crippen LogP contribution in [0.5, 0.6) is 0 Å². The predicted molar refractivity (Wildman–Crippen MR) is 57.3 cm³/mol. The third kappa shape index (κ3) is 3.67. The van der Waals surface area contributed by atoms with Gasteiger partial charge in [0.05, 0.1) is 12.8 Å². The molecule has 0 bridgehead atoms. The lowest BCUT2D eigenvalue weighted by molar-refractivity contribution is -0.142. The van der Waals surface area contributed by atoms with Crippen molar-refractivity contribution in [1.29, 1.82) is 0 Å². The molecule has 0 aromatic carbocycles. The summed E-state index contributed by atoms with van der Waals surface area (Å²) >= 11 is 0. The lowest BCUT2D eigenvalue weighted by Crippen LogP contribution is -2.34. The average molecular weight is 208 g/mol. The fourth-order valence-corrected chi connectivity index (χ4v) is 1.22. The second-order valence-electron chi connectivity index (χ2n) is 3.40. The van der Waals surface area contributed by atoms with E-state index in [0.29, 0.717) is 6.54 Å². The first-order valence-corrected chi connectivity index (χ1v) is 4.87. The zero-order valence-electron chi connectivity index (χ0n) is 9.28. The first-order chi connectivity index (χ1) is 7.13. The van der Waals surface area contributed by atoms with Crippen LogP contribution in [0.4, 0.5) is 0 Å². The highest BCUT2D eigenvalue weighted by Gasteiger charge is 2.11. The molecule has 1 unspecified atom stereocenters. The van der Waals surface area contributed by atoms with Gasteiger partial charge in [-0.1, -0.05) is 6.07 Å². The molecule has 0 aliphatic rings. The second-order valence-corrected chi connectivity index (χ2v) is 3.40. The summed E-state index contributed by atoms with van der Waals surface area (Å²) in [5, 5.41) is 3.04. The van der Waals surface area contributed by atoms with Crippen molar-refractivity contribution in [3.8, 4) is 0 Å². The van der Waals surface area contributed by atoms with Gasteiger partial charge in [-0.15, -0.1) is 0 Å². The molecule has 1 N–H and O–H groups in total. The second kappa shape index (κ2) is 5.46. The average Bonchev–Trinajstić information content (AvgIpc) is 2.25. The zero-order valence-corrected chi connectivity index (χ0v) is 9.28. The molecule has 0 saturated carbocycles. The number of hydrogen-bond donors (Lipinski definition) is 1. The molecule has 4 nitrogen and oxygen atoms in total. The van der Waals surface area contributed by atoms with Crippen LogP contribution >= 0.6 is 0 Å². The first-order valence-electron chi connectivity index (χ1n) is 4.87. The Morgan fingerprint density at radius 3 is 2.93 bits per heavy atom. The van der Waals surface area contributed by atoms with E-state index in [9.17, 15) is 4.79 Å². The minimum Gasteiger partial charge on any atom is -0.468 e. The molecule has 0 aliphatic heterocycles. The standard InChI is InChI=1S/C11H16N2O2/c1-8-5-4-6-10(13-8)7-12-9(2)11(14)15-3/h4-6,9,12H,7H2,1-3H3. The van der Waals surface area contributed by atoms with E-state index in [2.05, 4.69) is 15.0 Å². The molecule has 0 aliphatic carbocycles. The van der Waals surface area contributed by atoms with Crippen LogP contribution in [0.25, 0.3) is 0 Å². The van der Waals surface area contributed by atoms with Gasteiger partial charge in [-0.2, -0.15) is 0 Å². The maximum Gasteiger partial charge on any atom is 0.322 e. The number of nitrogens with one attached hydrogen (secondary N) is 1. The Labute approximate surface area is 89.7 Å². The lowest BCUT2D eigenvalue weighted by atomic mass is 10.3. The molecule has 15 heavy (non-hydrogen) atoms. The minimum atomic E-state index is -0.308. The van der Waals surface area contributed by atoms with Gasteiger partial charge >= 0.3 is 5.97 Å². The van der Waals surface area contributed by atoms with Crippen LogP contribution in [0.15, 0.2) is 18.2 Å². The van der Waals surface area contributed by atoms with Crippen molar-refractivity contribution >= 4 is 5.97 Å². The van der Waals surface area contributed by atoms with E-state index >= 15 is 0 Å². The summed E-state index contributed by atoms with van der Waals surface area (Å²) in [5.74, 6) is -0.261. The van der Waals surface area contributed by atoms with Gasteiger partial charge in [0.2, 0.25) is 0 Å². The van der Waals surface area contributed by atoms with Gasteiger partial charge in [0.1, 0.15) is 6.04 Å². The van der Waals surface area contributed by atoms with Crippen LogP contribution in [0.2, 0.25) is 0 Å². The number of carbonyl (C=O) groups is 1. The molecule has 0 amide bonds. The summed E-state index contributed by atoms with van der Waals surface area (Å²) in [6, 6.07) is 5.50. The van der Waals surface area contributed by atoms with Crippen molar-refractivity contribution in [3.05, 3.63) is 29.6 Å². The number of esters is 1. The molecular weight excluding hydrogens is 192 g/mol. The van der Waals surface area contributed by atoms with E-state index in [-0.39, 0.29) is 12.0 Å². The van der Waals surface area contributed by atoms with Crippen LogP contribution in [-0.2, 0) is 16.1 Å². The molecule has 1 rings (SSSR count). The maximum absolute atomic E-state index is 11.1. The molecule has 0 radical (unpaired) electrons. The third-order valence-corrected chi connectivity index (χ3v) is 2.09. The number of rotatable bonds is 4. The fraction of sp³-hybridized carbons (Fsp3) is 0.455.